The van der Waals surface area contributed by atoms with E-state index in [4.69, 9.17) is 10.2 Å². The predicted octanol–water partition coefficient (Wildman–Crippen LogP) is 7.00. The number of phenols is 1. The van der Waals surface area contributed by atoms with Crippen molar-refractivity contribution in [3.63, 3.8) is 0 Å². The number of benzene rings is 2. The summed E-state index contributed by atoms with van der Waals surface area (Å²) < 4.78 is 0. The summed E-state index contributed by atoms with van der Waals surface area (Å²) in [5.41, 5.74) is 7.41. The third-order valence-electron chi connectivity index (χ3n) is 7.15. The molecule has 2 atom stereocenters. The van der Waals surface area contributed by atoms with Crippen molar-refractivity contribution in [3.8, 4) is 5.75 Å². The molecular weight excluding hydrogens is 446 g/mol. The Labute approximate surface area is 218 Å². The van der Waals surface area contributed by atoms with Gasteiger partial charge in [-0.2, -0.15) is 0 Å². The molecule has 0 amide bonds. The molecule has 1 fully saturated rings. The summed E-state index contributed by atoms with van der Waals surface area (Å²) in [6.45, 7) is 15.7. The van der Waals surface area contributed by atoms with Gasteiger partial charge in [-0.25, -0.2) is 0 Å². The Morgan fingerprint density at radius 1 is 1.08 bits per heavy atom. The van der Waals surface area contributed by atoms with E-state index in [1.165, 1.54) is 5.56 Å². The number of aromatic hydroxyl groups is 1. The van der Waals surface area contributed by atoms with Crippen LogP contribution < -0.4 is 5.48 Å². The maximum absolute atomic E-state index is 11.2. The smallest absolute Gasteiger partial charge is 0.123 e. The molecule has 36 heavy (non-hydrogen) atoms. The van der Waals surface area contributed by atoms with Gasteiger partial charge in [0.1, 0.15) is 11.6 Å². The number of hydroxylamine groups is 1. The minimum absolute atomic E-state index is 0.183. The maximum atomic E-state index is 11.2. The molecule has 0 aliphatic carbocycles. The molecule has 1 saturated heterocycles. The summed E-state index contributed by atoms with van der Waals surface area (Å²) >= 11 is 0. The van der Waals surface area contributed by atoms with Crippen LogP contribution in [0.15, 0.2) is 48.7 Å². The fourth-order valence-electron chi connectivity index (χ4n) is 5.19. The first-order valence-electron chi connectivity index (χ1n) is 13.1. The highest BCUT2D eigenvalue weighted by Crippen LogP contribution is 2.41. The second kappa shape index (κ2) is 11.1. The number of nitrogens with zero attached hydrogens (tertiary/aromatic N) is 1. The largest absolute Gasteiger partial charge is 0.507 e. The normalized spacial score (nSPS) is 19.2. The van der Waals surface area contributed by atoms with E-state index in [2.05, 4.69) is 83.1 Å². The number of hydrogen-bond donors (Lipinski definition) is 3. The van der Waals surface area contributed by atoms with Crippen molar-refractivity contribution in [2.24, 2.45) is 11.8 Å². The summed E-state index contributed by atoms with van der Waals surface area (Å²) in [4.78, 5) is 7.48. The van der Waals surface area contributed by atoms with Gasteiger partial charge in [0.2, 0.25) is 0 Å². The summed E-state index contributed by atoms with van der Waals surface area (Å²) in [6, 6.07) is 14.6. The van der Waals surface area contributed by atoms with Crippen LogP contribution in [0.2, 0.25) is 0 Å². The Bertz CT molecular complexity index is 1040. The van der Waals surface area contributed by atoms with Gasteiger partial charge in [0.15, 0.2) is 0 Å². The van der Waals surface area contributed by atoms with Crippen molar-refractivity contribution < 1.29 is 9.94 Å². The first-order valence-corrected chi connectivity index (χ1v) is 13.1. The zero-order valence-corrected chi connectivity index (χ0v) is 23.4. The van der Waals surface area contributed by atoms with E-state index in [9.17, 15) is 5.11 Å². The lowest BCUT2D eigenvalue weighted by Gasteiger charge is -2.29. The van der Waals surface area contributed by atoms with Gasteiger partial charge in [0, 0.05) is 35.4 Å². The Kier molecular flexibility index (Phi) is 8.55. The zero-order valence-electron chi connectivity index (χ0n) is 23.4. The van der Waals surface area contributed by atoms with E-state index in [1.807, 2.05) is 24.4 Å². The van der Waals surface area contributed by atoms with Crippen LogP contribution >= 0.6 is 0 Å². The molecule has 0 radical (unpaired) electrons. The molecule has 1 aliphatic rings. The van der Waals surface area contributed by atoms with Gasteiger partial charge in [-0.05, 0) is 47.3 Å². The molecule has 5 nitrogen and oxygen atoms in total. The topological polar surface area (TPSA) is 68.6 Å². The first kappa shape index (κ1) is 27.8. The van der Waals surface area contributed by atoms with Crippen molar-refractivity contribution in [3.05, 3.63) is 70.9 Å². The van der Waals surface area contributed by atoms with Gasteiger partial charge >= 0.3 is 0 Å². The SMILES string of the molecule is CCCC1CN(C=C(NOC)c2cc(C(C)(C)C)c(O)c(C(C)(C)C)c2)C(=N)C1Cc1ccccc1. The minimum atomic E-state index is -0.231. The van der Waals surface area contributed by atoms with E-state index in [0.29, 0.717) is 17.5 Å². The van der Waals surface area contributed by atoms with Crippen molar-refractivity contribution in [1.29, 1.82) is 5.41 Å². The quantitative estimate of drug-likeness (QED) is 0.348. The minimum Gasteiger partial charge on any atom is -0.507 e. The number of nitrogens with one attached hydrogen (secondary N) is 2. The lowest BCUT2D eigenvalue weighted by atomic mass is 9.78. The first-order chi connectivity index (χ1) is 16.9. The summed E-state index contributed by atoms with van der Waals surface area (Å²) in [5.74, 6) is 1.62. The van der Waals surface area contributed by atoms with Crippen molar-refractivity contribution in [1.82, 2.24) is 10.4 Å². The van der Waals surface area contributed by atoms with Gasteiger partial charge in [-0.1, -0.05) is 85.2 Å². The third kappa shape index (κ3) is 6.31. The fraction of sp³-hybridized carbons (Fsp3) is 0.516. The molecule has 3 N–H and O–H groups in total. The molecule has 2 aromatic rings. The number of likely N-dealkylation sites (tertiary alicyclic amines) is 1. The Hall–Kier alpha value is -2.79. The van der Waals surface area contributed by atoms with Crippen molar-refractivity contribution >= 4 is 11.5 Å². The molecular formula is C31H45N3O2. The van der Waals surface area contributed by atoms with E-state index in [0.717, 1.165) is 48.2 Å². The molecule has 0 aromatic heterocycles. The second-order valence-corrected chi connectivity index (χ2v) is 12.2. The van der Waals surface area contributed by atoms with E-state index >= 15 is 0 Å². The number of hydrogen-bond acceptors (Lipinski definition) is 4. The maximum Gasteiger partial charge on any atom is 0.123 e. The Balaban J connectivity index is 2.05. The highest BCUT2D eigenvalue weighted by atomic mass is 16.6. The number of phenolic OH excluding ortho intramolecular Hbond substituents is 1. The van der Waals surface area contributed by atoms with Crippen LogP contribution in [0.5, 0.6) is 5.75 Å². The van der Waals surface area contributed by atoms with Gasteiger partial charge in [-0.3, -0.25) is 15.7 Å². The molecule has 196 valence electrons. The molecule has 0 saturated carbocycles. The van der Waals surface area contributed by atoms with Crippen LogP contribution in [-0.2, 0) is 22.1 Å². The van der Waals surface area contributed by atoms with Crippen LogP contribution in [0, 0.1) is 17.2 Å². The average molecular weight is 492 g/mol. The lowest BCUT2D eigenvalue weighted by Crippen LogP contribution is -2.25. The third-order valence-corrected chi connectivity index (χ3v) is 7.15. The zero-order chi connectivity index (χ0) is 26.7. The number of rotatable bonds is 8. The standard InChI is InChI=1S/C31H45N3O2/c1-9-13-22-19-34(29(32)24(22)16-21-14-11-10-12-15-21)20-27(33-36-8)23-17-25(30(2,3)4)28(35)26(18-23)31(5,6)7/h10-12,14-15,17-18,20,22,24,32-33,35H,9,13,16,19H2,1-8H3. The van der Waals surface area contributed by atoms with Gasteiger partial charge in [-0.15, -0.1) is 0 Å². The molecule has 1 aliphatic heterocycles. The van der Waals surface area contributed by atoms with Crippen LogP contribution in [0.4, 0.5) is 0 Å². The van der Waals surface area contributed by atoms with Crippen LogP contribution in [0.25, 0.3) is 5.70 Å². The summed E-state index contributed by atoms with van der Waals surface area (Å²) in [5, 5.41) is 20.3. The molecule has 0 spiro atoms. The second-order valence-electron chi connectivity index (χ2n) is 12.2. The molecule has 0 bridgehead atoms. The Morgan fingerprint density at radius 2 is 1.67 bits per heavy atom. The van der Waals surface area contributed by atoms with Crippen molar-refractivity contribution in [2.75, 3.05) is 13.7 Å². The Morgan fingerprint density at radius 3 is 2.17 bits per heavy atom. The summed E-state index contributed by atoms with van der Waals surface area (Å²) in [7, 11) is 1.61. The molecule has 2 unspecified atom stereocenters. The highest BCUT2D eigenvalue weighted by Gasteiger charge is 2.36. The molecule has 1 heterocycles. The monoisotopic (exact) mass is 491 g/mol. The van der Waals surface area contributed by atoms with E-state index in [1.54, 1.807) is 7.11 Å². The van der Waals surface area contributed by atoms with Gasteiger partial charge < -0.3 is 10.0 Å². The van der Waals surface area contributed by atoms with Gasteiger partial charge in [0.25, 0.3) is 0 Å². The van der Waals surface area contributed by atoms with E-state index < -0.39 is 0 Å². The van der Waals surface area contributed by atoms with E-state index in [-0.39, 0.29) is 16.7 Å². The van der Waals surface area contributed by atoms with Crippen molar-refractivity contribution in [2.45, 2.75) is 78.6 Å². The average Bonchev–Trinajstić information content (AvgIpc) is 3.07. The van der Waals surface area contributed by atoms with Crippen LogP contribution in [-0.4, -0.2) is 29.5 Å². The lowest BCUT2D eigenvalue weighted by molar-refractivity contribution is 0.136. The highest BCUT2D eigenvalue weighted by molar-refractivity contribution is 5.86. The molecule has 2 aromatic carbocycles. The fourth-order valence-corrected chi connectivity index (χ4v) is 5.19. The molecule has 3 rings (SSSR count). The van der Waals surface area contributed by atoms with Gasteiger partial charge in [0.05, 0.1) is 12.8 Å². The van der Waals surface area contributed by atoms with Crippen LogP contribution in [0.3, 0.4) is 0 Å². The van der Waals surface area contributed by atoms with Crippen LogP contribution in [0.1, 0.15) is 83.6 Å². The molecule has 5 heteroatoms. The number of amidine groups is 1. The summed E-state index contributed by atoms with van der Waals surface area (Å²) in [6.07, 6.45) is 5.10. The predicted molar refractivity (Wildman–Crippen MR) is 150 cm³/mol.